The van der Waals surface area contributed by atoms with Gasteiger partial charge in [0.2, 0.25) is 16.7 Å². The summed E-state index contributed by atoms with van der Waals surface area (Å²) in [6.07, 6.45) is 12.1. The zero-order valence-electron chi connectivity index (χ0n) is 33.3. The summed E-state index contributed by atoms with van der Waals surface area (Å²) in [5.74, 6) is 0. The maximum Gasteiger partial charge on any atom is 0.239 e. The predicted octanol–water partition coefficient (Wildman–Crippen LogP) is 9.83. The Morgan fingerprint density at radius 2 is 1.32 bits per heavy atom. The number of benzene rings is 5. The fourth-order valence-electron chi connectivity index (χ4n) is 7.53. The van der Waals surface area contributed by atoms with Crippen LogP contribution in [0.5, 0.6) is 0 Å². The Kier molecular flexibility index (Phi) is 12.1. The standard InChI is InChI=1S/C48H54N8/c1-32-27-37(21-22-39(32)49)53-42-24-23-41(35(4)48(42)54-36-17-11-9-12-18-36)51-25-15-7-5-6-8-16-26-52-43-31-47-45(29-34(43)3)55-44-28-33(2)40(50)30-46(44)56(47)38-19-13-10-14-20-38/h9-14,17-20,22-24,27-31,51,54H,5-8,15-16,21,25-26,49H2,1-4H3,(H2,50,52)/p+2. The maximum atomic E-state index is 6.40. The lowest BCUT2D eigenvalue weighted by molar-refractivity contribution is -0.538. The quantitative estimate of drug-likeness (QED) is 0.0310. The van der Waals surface area contributed by atoms with Crippen molar-refractivity contribution in [1.82, 2.24) is 4.98 Å². The van der Waals surface area contributed by atoms with E-state index in [1.807, 2.05) is 19.9 Å². The lowest BCUT2D eigenvalue weighted by atomic mass is 10.0. The number of aromatic nitrogens is 2. The first-order chi connectivity index (χ1) is 27.2. The van der Waals surface area contributed by atoms with E-state index < -0.39 is 0 Å². The number of quaternary nitrogens is 1. The van der Waals surface area contributed by atoms with Crippen LogP contribution in [0.4, 0.5) is 34.1 Å². The van der Waals surface area contributed by atoms with E-state index >= 15 is 0 Å². The molecule has 8 N–H and O–H groups in total. The summed E-state index contributed by atoms with van der Waals surface area (Å²) in [6, 6.07) is 33.9. The molecule has 286 valence electrons. The number of nitrogen functional groups attached to an aromatic ring is 1. The second-order valence-corrected chi connectivity index (χ2v) is 15.1. The van der Waals surface area contributed by atoms with E-state index in [9.17, 15) is 0 Å². The Hall–Kier alpha value is -5.99. The van der Waals surface area contributed by atoms with Gasteiger partial charge in [-0.25, -0.2) is 9.98 Å². The molecular weight excluding hydrogens is 689 g/mol. The fraction of sp³-hybridized carbons (Fsp3) is 0.271. The van der Waals surface area contributed by atoms with Crippen molar-refractivity contribution in [2.24, 2.45) is 10.7 Å². The number of nitrogens with two attached hydrogens (primary N) is 3. The lowest BCUT2D eigenvalue weighted by Crippen LogP contribution is -2.71. The van der Waals surface area contributed by atoms with Crippen molar-refractivity contribution in [2.45, 2.75) is 72.6 Å². The molecule has 0 saturated carbocycles. The molecule has 0 atom stereocenters. The Balaban J connectivity index is 0.912. The van der Waals surface area contributed by atoms with Gasteiger partial charge in [-0.2, -0.15) is 0 Å². The van der Waals surface area contributed by atoms with E-state index in [0.29, 0.717) is 0 Å². The first kappa shape index (κ1) is 38.3. The summed E-state index contributed by atoms with van der Waals surface area (Å²) in [7, 11) is 0. The van der Waals surface area contributed by atoms with Gasteiger partial charge >= 0.3 is 0 Å². The molecule has 5 aromatic carbocycles. The smallest absolute Gasteiger partial charge is 0.239 e. The number of fused-ring (bicyclic) bond motifs is 2. The predicted molar refractivity (Wildman–Crippen MR) is 236 cm³/mol. The minimum atomic E-state index is 0.745. The van der Waals surface area contributed by atoms with E-state index in [1.54, 1.807) is 0 Å². The van der Waals surface area contributed by atoms with Crippen LogP contribution in [0.25, 0.3) is 27.8 Å². The Morgan fingerprint density at radius 1 is 0.696 bits per heavy atom. The van der Waals surface area contributed by atoms with Gasteiger partial charge in [0.25, 0.3) is 0 Å². The molecule has 56 heavy (non-hydrogen) atoms. The first-order valence-corrected chi connectivity index (χ1v) is 20.1. The van der Waals surface area contributed by atoms with E-state index in [4.69, 9.17) is 21.4 Å². The summed E-state index contributed by atoms with van der Waals surface area (Å²) < 4.78 is 2.28. The molecule has 1 aliphatic rings. The second-order valence-electron chi connectivity index (χ2n) is 15.1. The molecule has 0 bridgehead atoms. The number of anilines is 3. The van der Waals surface area contributed by atoms with E-state index in [2.05, 4.69) is 138 Å². The molecule has 0 unspecified atom stereocenters. The van der Waals surface area contributed by atoms with Gasteiger partial charge in [0.1, 0.15) is 22.4 Å². The number of unbranched alkanes of at least 4 members (excludes halogenated alkanes) is 5. The topological polar surface area (TPSA) is 122 Å². The van der Waals surface area contributed by atoms with Crippen molar-refractivity contribution in [1.29, 1.82) is 0 Å². The van der Waals surface area contributed by atoms with Crippen molar-refractivity contribution < 1.29 is 9.88 Å². The zero-order valence-corrected chi connectivity index (χ0v) is 33.3. The summed E-state index contributed by atoms with van der Waals surface area (Å²) in [5, 5.41) is 9.72. The molecule has 1 aliphatic carbocycles. The minimum absolute atomic E-state index is 0.745. The molecule has 6 aromatic rings. The van der Waals surface area contributed by atoms with E-state index in [-0.39, 0.29) is 0 Å². The van der Waals surface area contributed by atoms with Crippen LogP contribution >= 0.6 is 0 Å². The van der Waals surface area contributed by atoms with Crippen LogP contribution in [-0.2, 0) is 0 Å². The van der Waals surface area contributed by atoms with Crippen LogP contribution in [0.1, 0.15) is 68.6 Å². The Bertz CT molecular complexity index is 2430. The van der Waals surface area contributed by atoms with Gasteiger partial charge < -0.3 is 22.1 Å². The highest BCUT2D eigenvalue weighted by Crippen LogP contribution is 2.33. The number of nitrogens with one attached hydrogen (secondary N) is 2. The van der Waals surface area contributed by atoms with Gasteiger partial charge in [0, 0.05) is 77.8 Å². The van der Waals surface area contributed by atoms with Crippen LogP contribution in [-0.4, -0.2) is 23.8 Å². The summed E-state index contributed by atoms with van der Waals surface area (Å²) in [4.78, 5) is 10.2. The minimum Gasteiger partial charge on any atom is -0.399 e. The molecule has 1 heterocycles. The van der Waals surface area contributed by atoms with Gasteiger partial charge in [-0.15, -0.1) is 4.57 Å². The third kappa shape index (κ3) is 8.93. The molecule has 0 spiro atoms. The highest BCUT2D eigenvalue weighted by Gasteiger charge is 2.22. The lowest BCUT2D eigenvalue weighted by Gasteiger charge is -2.15. The Morgan fingerprint density at radius 3 is 2.02 bits per heavy atom. The highest BCUT2D eigenvalue weighted by molar-refractivity contribution is 6.00. The summed E-state index contributed by atoms with van der Waals surface area (Å²) in [5.41, 5.74) is 30.4. The maximum absolute atomic E-state index is 6.40. The van der Waals surface area contributed by atoms with Gasteiger partial charge in [-0.05, 0) is 99.7 Å². The van der Waals surface area contributed by atoms with Gasteiger partial charge in [-0.3, -0.25) is 5.32 Å². The van der Waals surface area contributed by atoms with E-state index in [1.165, 1.54) is 48.2 Å². The number of para-hydroxylation sites is 2. The average Bonchev–Trinajstić information content (AvgIpc) is 3.20. The number of aryl methyl sites for hydroxylation is 2. The normalized spacial score (nSPS) is 13.6. The molecular formula is C48H56N8+2. The zero-order chi connectivity index (χ0) is 39.0. The fourth-order valence-corrected chi connectivity index (χ4v) is 7.53. The van der Waals surface area contributed by atoms with Crippen LogP contribution in [0.3, 0.4) is 0 Å². The van der Waals surface area contributed by atoms with Crippen LogP contribution in [0.2, 0.25) is 0 Å². The monoisotopic (exact) mass is 744 g/mol. The van der Waals surface area contributed by atoms with Crippen molar-refractivity contribution in [3.63, 3.8) is 0 Å². The molecule has 8 nitrogen and oxygen atoms in total. The number of allylic oxidation sites excluding steroid dienone is 3. The highest BCUT2D eigenvalue weighted by atomic mass is 15.0. The average molecular weight is 745 g/mol. The molecule has 1 aromatic heterocycles. The van der Waals surface area contributed by atoms with Crippen molar-refractivity contribution in [3.05, 3.63) is 137 Å². The van der Waals surface area contributed by atoms with Crippen molar-refractivity contribution in [3.8, 4) is 5.69 Å². The van der Waals surface area contributed by atoms with Gasteiger partial charge in [-0.1, -0.05) is 68.2 Å². The number of nitrogens with zero attached hydrogens (tertiary/aromatic N) is 3. The van der Waals surface area contributed by atoms with Gasteiger partial charge in [0.05, 0.1) is 0 Å². The second kappa shape index (κ2) is 17.6. The number of hydrogen-bond donors (Lipinski definition) is 5. The Labute approximate surface area is 331 Å². The molecule has 0 radical (unpaired) electrons. The van der Waals surface area contributed by atoms with Crippen LogP contribution in [0.15, 0.2) is 125 Å². The third-order valence-corrected chi connectivity index (χ3v) is 10.9. The molecule has 0 saturated heterocycles. The van der Waals surface area contributed by atoms with Crippen molar-refractivity contribution in [2.75, 3.05) is 29.5 Å². The summed E-state index contributed by atoms with van der Waals surface area (Å²) in [6.45, 7) is 10.3. The number of aliphatic imine (C=N–C) groups is 1. The molecule has 0 aliphatic heterocycles. The molecule has 0 fully saturated rings. The molecule has 7 rings (SSSR count). The largest absolute Gasteiger partial charge is 0.399 e. The SMILES string of the molecule is CC1=CC(=Nc2ccc(NCCCCCCCCNc3cc4c(cc3C)nc3cc(C)c(N)cc3[n+]4-c3ccccc3)c(C)c2[NH2+]c2ccccc2)CC=C1N. The van der Waals surface area contributed by atoms with Gasteiger partial charge in [0.15, 0.2) is 5.69 Å². The van der Waals surface area contributed by atoms with Crippen LogP contribution in [0, 0.1) is 20.8 Å². The number of rotatable bonds is 15. The third-order valence-electron chi connectivity index (χ3n) is 10.9. The number of hydrogen-bond acceptors (Lipinski definition) is 6. The first-order valence-electron chi connectivity index (χ1n) is 20.1. The van der Waals surface area contributed by atoms with Crippen molar-refractivity contribution >= 4 is 61.9 Å². The molecule has 8 heteroatoms. The molecule has 0 amide bonds. The summed E-state index contributed by atoms with van der Waals surface area (Å²) >= 11 is 0. The van der Waals surface area contributed by atoms with E-state index in [0.717, 1.165) is 105 Å². The van der Waals surface area contributed by atoms with Crippen LogP contribution < -0.4 is 32.0 Å².